The monoisotopic (exact) mass is 410 g/mol. The van der Waals surface area contributed by atoms with Gasteiger partial charge in [-0.3, -0.25) is 4.72 Å². The van der Waals surface area contributed by atoms with Crippen molar-refractivity contribution in [3.05, 3.63) is 78.4 Å². The average Bonchev–Trinajstić information content (AvgIpc) is 3.12. The van der Waals surface area contributed by atoms with E-state index in [2.05, 4.69) is 9.71 Å². The third kappa shape index (κ3) is 3.60. The number of fused-ring (bicyclic) bond motifs is 1. The number of carboxylic acids is 1. The molecule has 140 valence electrons. The lowest BCUT2D eigenvalue weighted by Crippen LogP contribution is -2.13. The number of aromatic carboxylic acids is 1. The number of nitrogens with one attached hydrogen (secondary N) is 1. The highest BCUT2D eigenvalue weighted by atomic mass is 32.2. The predicted molar refractivity (Wildman–Crippen MR) is 109 cm³/mol. The van der Waals surface area contributed by atoms with Crippen LogP contribution in [0.4, 0.5) is 5.69 Å². The second kappa shape index (κ2) is 7.06. The van der Waals surface area contributed by atoms with Crippen LogP contribution >= 0.6 is 11.3 Å². The van der Waals surface area contributed by atoms with E-state index in [1.807, 2.05) is 36.4 Å². The van der Waals surface area contributed by atoms with Gasteiger partial charge in [-0.1, -0.05) is 12.1 Å². The summed E-state index contributed by atoms with van der Waals surface area (Å²) in [4.78, 5) is 15.5. The van der Waals surface area contributed by atoms with E-state index in [-0.39, 0.29) is 10.5 Å². The number of hydrogen-bond acceptors (Lipinski definition) is 5. The molecule has 0 aliphatic heterocycles. The van der Waals surface area contributed by atoms with Crippen molar-refractivity contribution in [1.29, 1.82) is 0 Å². The highest BCUT2D eigenvalue weighted by Gasteiger charge is 2.15. The van der Waals surface area contributed by atoms with E-state index in [0.29, 0.717) is 5.69 Å². The van der Waals surface area contributed by atoms with Gasteiger partial charge < -0.3 is 5.11 Å². The van der Waals surface area contributed by atoms with Gasteiger partial charge in [0.1, 0.15) is 5.01 Å². The molecule has 0 aliphatic carbocycles. The van der Waals surface area contributed by atoms with Crippen molar-refractivity contribution in [3.63, 3.8) is 0 Å². The maximum atomic E-state index is 12.5. The van der Waals surface area contributed by atoms with Crippen LogP contribution in [0.2, 0.25) is 0 Å². The molecule has 1 heterocycles. The Hall–Kier alpha value is -3.23. The van der Waals surface area contributed by atoms with Gasteiger partial charge in [-0.2, -0.15) is 0 Å². The molecule has 0 atom stereocenters. The molecule has 4 rings (SSSR count). The molecule has 3 aromatic carbocycles. The SMILES string of the molecule is O=C(O)c1ccc(S(=O)(=O)Nc2ccc(-c3nc4ccccc4s3)cc2)cc1. The molecule has 0 unspecified atom stereocenters. The summed E-state index contributed by atoms with van der Waals surface area (Å²) in [6.07, 6.45) is 0. The molecule has 0 radical (unpaired) electrons. The van der Waals surface area contributed by atoms with E-state index in [1.54, 1.807) is 23.5 Å². The van der Waals surface area contributed by atoms with Gasteiger partial charge >= 0.3 is 5.97 Å². The molecule has 2 N–H and O–H groups in total. The molecule has 0 saturated heterocycles. The minimum absolute atomic E-state index is 0.00671. The molecule has 6 nitrogen and oxygen atoms in total. The Morgan fingerprint density at radius 3 is 2.25 bits per heavy atom. The number of carbonyl (C=O) groups is 1. The molecule has 0 bridgehead atoms. The van der Waals surface area contributed by atoms with Crippen molar-refractivity contribution in [2.24, 2.45) is 0 Å². The second-order valence-corrected chi connectivity index (χ2v) is 8.71. The number of benzene rings is 3. The Morgan fingerprint density at radius 2 is 1.61 bits per heavy atom. The second-order valence-electron chi connectivity index (χ2n) is 6.00. The first kappa shape index (κ1) is 18.1. The minimum atomic E-state index is -3.81. The fraction of sp³-hybridized carbons (Fsp3) is 0. The zero-order chi connectivity index (χ0) is 19.7. The first-order valence-corrected chi connectivity index (χ1v) is 10.5. The number of nitrogens with zero attached hydrogens (tertiary/aromatic N) is 1. The van der Waals surface area contributed by atoms with Crippen LogP contribution in [0.1, 0.15) is 10.4 Å². The number of aromatic nitrogens is 1. The van der Waals surface area contributed by atoms with Crippen molar-refractivity contribution in [1.82, 2.24) is 4.98 Å². The van der Waals surface area contributed by atoms with Gasteiger partial charge in [0, 0.05) is 11.3 Å². The minimum Gasteiger partial charge on any atom is -0.478 e. The highest BCUT2D eigenvalue weighted by molar-refractivity contribution is 7.92. The van der Waals surface area contributed by atoms with Crippen molar-refractivity contribution < 1.29 is 18.3 Å². The summed E-state index contributed by atoms with van der Waals surface area (Å²) in [7, 11) is -3.81. The lowest BCUT2D eigenvalue weighted by atomic mass is 10.2. The Morgan fingerprint density at radius 1 is 0.929 bits per heavy atom. The van der Waals surface area contributed by atoms with Crippen LogP contribution in [0, 0.1) is 0 Å². The van der Waals surface area contributed by atoms with Crippen LogP contribution < -0.4 is 4.72 Å². The standard InChI is InChI=1S/C20H14N2O4S2/c23-20(24)14-7-11-16(12-8-14)28(25,26)22-15-9-5-13(6-10-15)19-21-17-3-1-2-4-18(17)27-19/h1-12,22H,(H,23,24). The Balaban J connectivity index is 1.55. The fourth-order valence-corrected chi connectivity index (χ4v) is 4.70. The Kier molecular flexibility index (Phi) is 4.58. The number of hydrogen-bond donors (Lipinski definition) is 2. The van der Waals surface area contributed by atoms with Gasteiger partial charge in [-0.05, 0) is 60.7 Å². The topological polar surface area (TPSA) is 96.4 Å². The summed E-state index contributed by atoms with van der Waals surface area (Å²) >= 11 is 1.57. The van der Waals surface area contributed by atoms with Crippen LogP contribution in [0.3, 0.4) is 0 Å². The molecule has 8 heteroatoms. The first-order chi connectivity index (χ1) is 13.4. The van der Waals surface area contributed by atoms with E-state index in [9.17, 15) is 13.2 Å². The molecule has 0 saturated carbocycles. The fourth-order valence-electron chi connectivity index (χ4n) is 2.67. The smallest absolute Gasteiger partial charge is 0.335 e. The van der Waals surface area contributed by atoms with E-state index < -0.39 is 16.0 Å². The molecular weight excluding hydrogens is 396 g/mol. The number of carboxylic acid groups (broad SMARTS) is 1. The van der Waals surface area contributed by atoms with E-state index in [0.717, 1.165) is 20.8 Å². The third-order valence-corrected chi connectivity index (χ3v) is 6.57. The third-order valence-electron chi connectivity index (χ3n) is 4.09. The summed E-state index contributed by atoms with van der Waals surface area (Å²) in [6, 6.07) is 19.9. The normalized spacial score (nSPS) is 11.4. The zero-order valence-corrected chi connectivity index (χ0v) is 16.0. The van der Waals surface area contributed by atoms with Gasteiger partial charge in [0.05, 0.1) is 20.7 Å². The molecule has 0 spiro atoms. The van der Waals surface area contributed by atoms with E-state index >= 15 is 0 Å². The Bertz CT molecular complexity index is 1230. The van der Waals surface area contributed by atoms with Crippen molar-refractivity contribution in [3.8, 4) is 10.6 Å². The van der Waals surface area contributed by atoms with Crippen molar-refractivity contribution >= 4 is 43.2 Å². The van der Waals surface area contributed by atoms with Crippen LogP contribution in [0.15, 0.2) is 77.7 Å². The van der Waals surface area contributed by atoms with Gasteiger partial charge in [0.2, 0.25) is 0 Å². The first-order valence-electron chi connectivity index (χ1n) is 8.24. The van der Waals surface area contributed by atoms with Crippen LogP contribution in [0.5, 0.6) is 0 Å². The quantitative estimate of drug-likeness (QED) is 0.506. The van der Waals surface area contributed by atoms with E-state index in [4.69, 9.17) is 5.11 Å². The molecule has 1 aromatic heterocycles. The lowest BCUT2D eigenvalue weighted by molar-refractivity contribution is 0.0696. The number of anilines is 1. The number of para-hydroxylation sites is 1. The largest absolute Gasteiger partial charge is 0.478 e. The van der Waals surface area contributed by atoms with Crippen molar-refractivity contribution in [2.45, 2.75) is 4.90 Å². The summed E-state index contributed by atoms with van der Waals surface area (Å²) in [5.41, 5.74) is 2.26. The summed E-state index contributed by atoms with van der Waals surface area (Å²) in [6.45, 7) is 0. The maximum absolute atomic E-state index is 12.5. The molecule has 4 aromatic rings. The van der Waals surface area contributed by atoms with Crippen LogP contribution in [-0.2, 0) is 10.0 Å². The summed E-state index contributed by atoms with van der Waals surface area (Å²) in [5, 5.41) is 9.77. The molecule has 0 aliphatic rings. The molecular formula is C20H14N2O4S2. The Labute approximate surface area is 165 Å². The molecule has 28 heavy (non-hydrogen) atoms. The summed E-state index contributed by atoms with van der Waals surface area (Å²) in [5.74, 6) is -1.11. The van der Waals surface area contributed by atoms with Gasteiger partial charge in [0.25, 0.3) is 10.0 Å². The predicted octanol–water partition coefficient (Wildman–Crippen LogP) is 4.46. The number of thiazole rings is 1. The van der Waals surface area contributed by atoms with Gasteiger partial charge in [-0.15, -0.1) is 11.3 Å². The number of sulfonamides is 1. The van der Waals surface area contributed by atoms with Gasteiger partial charge in [-0.25, -0.2) is 18.2 Å². The average molecular weight is 410 g/mol. The zero-order valence-electron chi connectivity index (χ0n) is 14.4. The lowest BCUT2D eigenvalue weighted by Gasteiger charge is -2.09. The van der Waals surface area contributed by atoms with E-state index in [1.165, 1.54) is 24.3 Å². The summed E-state index contributed by atoms with van der Waals surface area (Å²) < 4.78 is 28.6. The highest BCUT2D eigenvalue weighted by Crippen LogP contribution is 2.30. The molecule has 0 fully saturated rings. The van der Waals surface area contributed by atoms with Crippen molar-refractivity contribution in [2.75, 3.05) is 4.72 Å². The van der Waals surface area contributed by atoms with Crippen LogP contribution in [0.25, 0.3) is 20.8 Å². The van der Waals surface area contributed by atoms with Gasteiger partial charge in [0.15, 0.2) is 0 Å². The van der Waals surface area contributed by atoms with Crippen LogP contribution in [-0.4, -0.2) is 24.5 Å². The maximum Gasteiger partial charge on any atom is 0.335 e. The number of rotatable bonds is 5. The molecule has 0 amide bonds.